The zero-order chi connectivity index (χ0) is 10.5. The minimum atomic E-state index is -0.921. The van der Waals surface area contributed by atoms with Gasteiger partial charge in [0.15, 0.2) is 5.78 Å². The van der Waals surface area contributed by atoms with Crippen LogP contribution in [0, 0.1) is 0 Å². The van der Waals surface area contributed by atoms with Gasteiger partial charge < -0.3 is 16.2 Å². The molecule has 1 unspecified atom stereocenters. The standard InChI is InChI=1S/C9H20N2O2/c1-4-9(3,11-6-5-10)8(13)7(2)12/h7,11-12H,4-6,10H2,1-3H3/t7-,9?/m0/s1. The molecule has 0 aromatic heterocycles. The molecule has 0 aliphatic rings. The third-order valence-electron chi connectivity index (χ3n) is 2.29. The van der Waals surface area contributed by atoms with Crippen LogP contribution in [0.1, 0.15) is 27.2 Å². The molecule has 2 atom stereocenters. The first kappa shape index (κ1) is 12.6. The predicted octanol–water partition coefficient (Wildman–Crippen LogP) is -0.347. The van der Waals surface area contributed by atoms with E-state index in [0.717, 1.165) is 0 Å². The number of nitrogens with one attached hydrogen (secondary N) is 1. The minimum absolute atomic E-state index is 0.177. The van der Waals surface area contributed by atoms with E-state index in [1.807, 2.05) is 6.92 Å². The van der Waals surface area contributed by atoms with Crippen LogP contribution in [0.3, 0.4) is 0 Å². The molecule has 0 aliphatic heterocycles. The van der Waals surface area contributed by atoms with E-state index in [1.54, 1.807) is 6.92 Å². The summed E-state index contributed by atoms with van der Waals surface area (Å²) in [5.41, 5.74) is 4.69. The molecule has 4 N–H and O–H groups in total. The van der Waals surface area contributed by atoms with E-state index in [-0.39, 0.29) is 5.78 Å². The fourth-order valence-electron chi connectivity index (χ4n) is 1.20. The second-order valence-electron chi connectivity index (χ2n) is 3.44. The number of hydrogen-bond acceptors (Lipinski definition) is 4. The van der Waals surface area contributed by atoms with Gasteiger partial charge in [-0.05, 0) is 20.3 Å². The molecule has 0 saturated heterocycles. The average Bonchev–Trinajstić information content (AvgIpc) is 2.12. The van der Waals surface area contributed by atoms with E-state index < -0.39 is 11.6 Å². The van der Waals surface area contributed by atoms with Crippen LogP contribution >= 0.6 is 0 Å². The highest BCUT2D eigenvalue weighted by Gasteiger charge is 2.32. The van der Waals surface area contributed by atoms with Crippen molar-refractivity contribution < 1.29 is 9.90 Å². The minimum Gasteiger partial charge on any atom is -0.386 e. The summed E-state index contributed by atoms with van der Waals surface area (Å²) in [6, 6.07) is 0. The smallest absolute Gasteiger partial charge is 0.180 e. The Morgan fingerprint density at radius 2 is 2.23 bits per heavy atom. The number of ketones is 1. The van der Waals surface area contributed by atoms with Crippen molar-refractivity contribution in [3.8, 4) is 0 Å². The maximum Gasteiger partial charge on any atom is 0.180 e. The van der Waals surface area contributed by atoms with Crippen LogP contribution in [0.5, 0.6) is 0 Å². The molecule has 0 heterocycles. The summed E-state index contributed by atoms with van der Waals surface area (Å²) in [6.45, 7) is 6.26. The van der Waals surface area contributed by atoms with Gasteiger partial charge in [-0.2, -0.15) is 0 Å². The third kappa shape index (κ3) is 3.42. The van der Waals surface area contributed by atoms with E-state index in [4.69, 9.17) is 10.8 Å². The summed E-state index contributed by atoms with van der Waals surface area (Å²) in [6.07, 6.45) is -0.272. The van der Waals surface area contributed by atoms with Gasteiger partial charge in [0.1, 0.15) is 6.10 Å². The highest BCUT2D eigenvalue weighted by atomic mass is 16.3. The Bertz CT molecular complexity index is 171. The number of carbonyl (C=O) groups excluding carboxylic acids is 1. The van der Waals surface area contributed by atoms with Crippen LogP contribution in [0.25, 0.3) is 0 Å². The lowest BCUT2D eigenvalue weighted by atomic mass is 9.90. The third-order valence-corrected chi connectivity index (χ3v) is 2.29. The molecule has 78 valence electrons. The molecule has 0 amide bonds. The quantitative estimate of drug-likeness (QED) is 0.533. The molecule has 0 aliphatic carbocycles. The molecular formula is C9H20N2O2. The van der Waals surface area contributed by atoms with Crippen molar-refractivity contribution in [2.45, 2.75) is 38.8 Å². The molecule has 0 fully saturated rings. The van der Waals surface area contributed by atoms with Gasteiger partial charge >= 0.3 is 0 Å². The average molecular weight is 188 g/mol. The summed E-state index contributed by atoms with van der Waals surface area (Å²) in [5, 5.41) is 12.2. The highest BCUT2D eigenvalue weighted by molar-refractivity contribution is 5.91. The zero-order valence-corrected chi connectivity index (χ0v) is 8.63. The second-order valence-corrected chi connectivity index (χ2v) is 3.44. The Hall–Kier alpha value is -0.450. The van der Waals surface area contributed by atoms with E-state index in [0.29, 0.717) is 19.5 Å². The molecule has 0 radical (unpaired) electrons. The number of rotatable bonds is 6. The van der Waals surface area contributed by atoms with Gasteiger partial charge in [0, 0.05) is 13.1 Å². The van der Waals surface area contributed by atoms with Crippen molar-refractivity contribution in [3.05, 3.63) is 0 Å². The van der Waals surface area contributed by atoms with Crippen LogP contribution in [0.15, 0.2) is 0 Å². The summed E-state index contributed by atoms with van der Waals surface area (Å²) >= 11 is 0. The summed E-state index contributed by atoms with van der Waals surface area (Å²) in [5.74, 6) is -0.177. The fourth-order valence-corrected chi connectivity index (χ4v) is 1.20. The highest BCUT2D eigenvalue weighted by Crippen LogP contribution is 2.12. The van der Waals surface area contributed by atoms with Gasteiger partial charge in [0.2, 0.25) is 0 Å². The lowest BCUT2D eigenvalue weighted by Gasteiger charge is -2.29. The molecular weight excluding hydrogens is 168 g/mol. The number of aliphatic hydroxyl groups is 1. The van der Waals surface area contributed by atoms with Crippen molar-refractivity contribution >= 4 is 5.78 Å². The fraction of sp³-hybridized carbons (Fsp3) is 0.889. The van der Waals surface area contributed by atoms with E-state index in [2.05, 4.69) is 5.32 Å². The molecule has 0 bridgehead atoms. The maximum atomic E-state index is 11.5. The molecule has 0 rings (SSSR count). The summed E-state index contributed by atoms with van der Waals surface area (Å²) in [7, 11) is 0. The number of nitrogens with two attached hydrogens (primary N) is 1. The Morgan fingerprint density at radius 3 is 2.54 bits per heavy atom. The Morgan fingerprint density at radius 1 is 1.69 bits per heavy atom. The van der Waals surface area contributed by atoms with Gasteiger partial charge in [-0.3, -0.25) is 4.79 Å². The van der Waals surface area contributed by atoms with Gasteiger partial charge in [-0.25, -0.2) is 0 Å². The lowest BCUT2D eigenvalue weighted by Crippen LogP contribution is -2.53. The first-order chi connectivity index (χ1) is 5.98. The normalized spacial score (nSPS) is 17.9. The Kier molecular flexibility index (Phi) is 5.13. The molecule has 0 saturated carbocycles. The first-order valence-corrected chi connectivity index (χ1v) is 4.65. The summed E-state index contributed by atoms with van der Waals surface area (Å²) in [4.78, 5) is 11.5. The van der Waals surface area contributed by atoms with Crippen LogP contribution in [0.4, 0.5) is 0 Å². The Balaban J connectivity index is 4.34. The number of hydrogen-bond donors (Lipinski definition) is 3. The van der Waals surface area contributed by atoms with Crippen molar-refractivity contribution in [2.24, 2.45) is 5.73 Å². The Labute approximate surface area is 79.5 Å². The van der Waals surface area contributed by atoms with Crippen molar-refractivity contribution in [1.82, 2.24) is 5.32 Å². The van der Waals surface area contributed by atoms with Crippen LogP contribution in [0.2, 0.25) is 0 Å². The van der Waals surface area contributed by atoms with Gasteiger partial charge in [0.25, 0.3) is 0 Å². The van der Waals surface area contributed by atoms with E-state index >= 15 is 0 Å². The van der Waals surface area contributed by atoms with Crippen molar-refractivity contribution in [2.75, 3.05) is 13.1 Å². The molecule has 0 aromatic rings. The first-order valence-electron chi connectivity index (χ1n) is 4.65. The molecule has 4 nitrogen and oxygen atoms in total. The topological polar surface area (TPSA) is 75.3 Å². The lowest BCUT2D eigenvalue weighted by molar-refractivity contribution is -0.132. The zero-order valence-electron chi connectivity index (χ0n) is 8.63. The largest absolute Gasteiger partial charge is 0.386 e. The predicted molar refractivity (Wildman–Crippen MR) is 52.4 cm³/mol. The molecule has 0 spiro atoms. The van der Waals surface area contributed by atoms with Gasteiger partial charge in [0.05, 0.1) is 5.54 Å². The van der Waals surface area contributed by atoms with Crippen LogP contribution in [-0.4, -0.2) is 35.6 Å². The molecule has 4 heteroatoms. The van der Waals surface area contributed by atoms with Gasteiger partial charge in [-0.15, -0.1) is 0 Å². The van der Waals surface area contributed by atoms with Crippen molar-refractivity contribution in [1.29, 1.82) is 0 Å². The van der Waals surface area contributed by atoms with E-state index in [9.17, 15) is 4.79 Å². The SMILES string of the molecule is CCC(C)(NCCN)C(=O)[C@H](C)O. The van der Waals surface area contributed by atoms with Gasteiger partial charge in [-0.1, -0.05) is 6.92 Å². The second kappa shape index (κ2) is 5.32. The van der Waals surface area contributed by atoms with E-state index in [1.165, 1.54) is 6.92 Å². The molecule has 13 heavy (non-hydrogen) atoms. The van der Waals surface area contributed by atoms with Crippen LogP contribution in [-0.2, 0) is 4.79 Å². The van der Waals surface area contributed by atoms with Crippen LogP contribution < -0.4 is 11.1 Å². The summed E-state index contributed by atoms with van der Waals surface area (Å²) < 4.78 is 0. The number of carbonyl (C=O) groups is 1. The number of aliphatic hydroxyl groups excluding tert-OH is 1. The monoisotopic (exact) mass is 188 g/mol. The van der Waals surface area contributed by atoms with Crippen molar-refractivity contribution in [3.63, 3.8) is 0 Å². The number of Topliss-reactive ketones (excluding diaryl/α,β-unsaturated/α-hetero) is 1. The maximum absolute atomic E-state index is 11.5. The molecule has 0 aromatic carbocycles.